The van der Waals surface area contributed by atoms with Gasteiger partial charge in [-0.1, -0.05) is 23.7 Å². The van der Waals surface area contributed by atoms with Crippen molar-refractivity contribution in [1.82, 2.24) is 0 Å². The Morgan fingerprint density at radius 2 is 2.19 bits per heavy atom. The van der Waals surface area contributed by atoms with E-state index < -0.39 is 6.04 Å². The van der Waals surface area contributed by atoms with Gasteiger partial charge < -0.3 is 15.2 Å². The Kier molecular flexibility index (Phi) is 5.08. The van der Waals surface area contributed by atoms with Gasteiger partial charge in [0.05, 0.1) is 18.6 Å². The average Bonchev–Trinajstić information content (AvgIpc) is 2.28. The van der Waals surface area contributed by atoms with Crippen molar-refractivity contribution in [2.24, 2.45) is 5.73 Å². The van der Waals surface area contributed by atoms with Gasteiger partial charge in [-0.05, 0) is 12.1 Å². The lowest BCUT2D eigenvalue weighted by Gasteiger charge is -2.12. The molecule has 0 radical (unpaired) electrons. The minimum Gasteiger partial charge on any atom is -0.490 e. The van der Waals surface area contributed by atoms with Crippen LogP contribution >= 0.6 is 11.6 Å². The van der Waals surface area contributed by atoms with E-state index >= 15 is 0 Å². The molecule has 0 aliphatic carbocycles. The van der Waals surface area contributed by atoms with Gasteiger partial charge >= 0.3 is 5.97 Å². The van der Waals surface area contributed by atoms with Crippen LogP contribution < -0.4 is 10.5 Å². The predicted molar refractivity (Wildman–Crippen MR) is 61.6 cm³/mol. The van der Waals surface area contributed by atoms with E-state index in [2.05, 4.69) is 4.74 Å². The molecule has 0 saturated carbocycles. The van der Waals surface area contributed by atoms with Crippen molar-refractivity contribution in [3.05, 3.63) is 29.3 Å². The van der Waals surface area contributed by atoms with Crippen molar-refractivity contribution < 1.29 is 14.3 Å². The number of methoxy groups -OCH3 is 1. The fraction of sp³-hybridized carbons (Fsp3) is 0.364. The smallest absolute Gasteiger partial charge is 0.307 e. The Morgan fingerprint density at radius 1 is 1.50 bits per heavy atom. The van der Waals surface area contributed by atoms with E-state index in [1.807, 2.05) is 12.1 Å². The lowest BCUT2D eigenvalue weighted by molar-refractivity contribution is -0.141. The zero-order valence-corrected chi connectivity index (χ0v) is 9.74. The minimum atomic E-state index is -0.399. The minimum absolute atomic E-state index is 0.126. The highest BCUT2D eigenvalue weighted by Crippen LogP contribution is 2.23. The fourth-order valence-corrected chi connectivity index (χ4v) is 1.31. The summed E-state index contributed by atoms with van der Waals surface area (Å²) in [6.07, 6.45) is 0.126. The van der Waals surface area contributed by atoms with Crippen LogP contribution in [0, 0.1) is 0 Å². The number of para-hydroxylation sites is 1. The number of rotatable bonds is 5. The third-order valence-corrected chi connectivity index (χ3v) is 2.26. The number of esters is 1. The van der Waals surface area contributed by atoms with Crippen molar-refractivity contribution in [1.29, 1.82) is 0 Å². The topological polar surface area (TPSA) is 61.5 Å². The molecule has 0 aliphatic heterocycles. The molecule has 1 aromatic carbocycles. The molecule has 88 valence electrons. The Bertz CT molecular complexity index is 357. The molecule has 5 heteroatoms. The average molecular weight is 244 g/mol. The highest BCUT2D eigenvalue weighted by molar-refractivity contribution is 6.32. The third-order valence-electron chi connectivity index (χ3n) is 1.95. The first-order valence-electron chi connectivity index (χ1n) is 4.83. The summed E-state index contributed by atoms with van der Waals surface area (Å²) in [5, 5.41) is 0.521. The molecular weight excluding hydrogens is 230 g/mol. The number of halogens is 1. The zero-order chi connectivity index (χ0) is 12.0. The van der Waals surface area contributed by atoms with Crippen LogP contribution in [0.25, 0.3) is 0 Å². The van der Waals surface area contributed by atoms with E-state index in [-0.39, 0.29) is 19.0 Å². The highest BCUT2D eigenvalue weighted by atomic mass is 35.5. The van der Waals surface area contributed by atoms with Crippen LogP contribution in [0.1, 0.15) is 6.42 Å². The van der Waals surface area contributed by atoms with Crippen LogP contribution in [0.4, 0.5) is 0 Å². The first kappa shape index (κ1) is 12.8. The van der Waals surface area contributed by atoms with Crippen LogP contribution in [-0.4, -0.2) is 25.7 Å². The van der Waals surface area contributed by atoms with E-state index in [0.717, 1.165) is 0 Å². The highest BCUT2D eigenvalue weighted by Gasteiger charge is 2.11. The molecule has 0 amide bonds. The molecule has 1 atom stereocenters. The lowest BCUT2D eigenvalue weighted by Crippen LogP contribution is -2.31. The first-order chi connectivity index (χ1) is 7.63. The Labute approximate surface area is 99.3 Å². The Morgan fingerprint density at radius 3 is 2.81 bits per heavy atom. The quantitative estimate of drug-likeness (QED) is 0.799. The number of ether oxygens (including phenoxy) is 2. The molecule has 2 N–H and O–H groups in total. The maximum absolute atomic E-state index is 10.9. The van der Waals surface area contributed by atoms with Crippen molar-refractivity contribution in [2.45, 2.75) is 12.5 Å². The molecule has 0 heterocycles. The summed E-state index contributed by atoms with van der Waals surface area (Å²) in [5.74, 6) is 0.208. The Balaban J connectivity index is 2.40. The standard InChI is InChI=1S/C11H14ClNO3/c1-15-11(14)6-8(13)7-16-10-5-3-2-4-9(10)12/h2-5,8H,6-7,13H2,1H3. The van der Waals surface area contributed by atoms with Crippen LogP contribution in [-0.2, 0) is 9.53 Å². The van der Waals surface area contributed by atoms with Gasteiger partial charge in [0.25, 0.3) is 0 Å². The van der Waals surface area contributed by atoms with Crippen LogP contribution in [0.3, 0.4) is 0 Å². The van der Waals surface area contributed by atoms with Crippen molar-refractivity contribution >= 4 is 17.6 Å². The van der Waals surface area contributed by atoms with E-state index in [1.54, 1.807) is 12.1 Å². The first-order valence-corrected chi connectivity index (χ1v) is 5.21. The molecule has 0 spiro atoms. The van der Waals surface area contributed by atoms with Crippen LogP contribution in [0.2, 0.25) is 5.02 Å². The van der Waals surface area contributed by atoms with E-state index in [0.29, 0.717) is 10.8 Å². The maximum Gasteiger partial charge on any atom is 0.307 e. The molecule has 1 aromatic rings. The molecule has 4 nitrogen and oxygen atoms in total. The largest absolute Gasteiger partial charge is 0.490 e. The molecule has 0 aromatic heterocycles. The molecule has 1 unspecified atom stereocenters. The molecule has 16 heavy (non-hydrogen) atoms. The van der Waals surface area contributed by atoms with Gasteiger partial charge in [0.1, 0.15) is 12.4 Å². The summed E-state index contributed by atoms with van der Waals surface area (Å²) in [7, 11) is 1.32. The predicted octanol–water partition coefficient (Wildman–Crippen LogP) is 1.61. The van der Waals surface area contributed by atoms with Gasteiger partial charge in [-0.25, -0.2) is 0 Å². The van der Waals surface area contributed by atoms with Crippen LogP contribution in [0.15, 0.2) is 24.3 Å². The van der Waals surface area contributed by atoms with Crippen molar-refractivity contribution in [3.8, 4) is 5.75 Å². The fourth-order valence-electron chi connectivity index (χ4n) is 1.11. The molecular formula is C11H14ClNO3. The molecule has 0 aliphatic rings. The number of carbonyl (C=O) groups is 1. The summed E-state index contributed by atoms with van der Waals surface area (Å²) >= 11 is 5.88. The van der Waals surface area contributed by atoms with Gasteiger partial charge in [-0.15, -0.1) is 0 Å². The van der Waals surface area contributed by atoms with Gasteiger partial charge in [0, 0.05) is 6.04 Å². The summed E-state index contributed by atoms with van der Waals surface area (Å²) in [4.78, 5) is 10.9. The SMILES string of the molecule is COC(=O)CC(N)COc1ccccc1Cl. The zero-order valence-electron chi connectivity index (χ0n) is 8.98. The van der Waals surface area contributed by atoms with Gasteiger partial charge in [0.15, 0.2) is 0 Å². The molecule has 1 rings (SSSR count). The maximum atomic E-state index is 10.9. The van der Waals surface area contributed by atoms with Crippen molar-refractivity contribution in [2.75, 3.05) is 13.7 Å². The van der Waals surface area contributed by atoms with E-state index in [4.69, 9.17) is 22.1 Å². The number of nitrogens with two attached hydrogens (primary N) is 1. The van der Waals surface area contributed by atoms with Gasteiger partial charge in [-0.2, -0.15) is 0 Å². The van der Waals surface area contributed by atoms with Gasteiger partial charge in [0.2, 0.25) is 0 Å². The second-order valence-electron chi connectivity index (χ2n) is 3.28. The van der Waals surface area contributed by atoms with Crippen molar-refractivity contribution in [3.63, 3.8) is 0 Å². The third kappa shape index (κ3) is 4.08. The second kappa shape index (κ2) is 6.35. The number of benzene rings is 1. The number of carbonyl (C=O) groups excluding carboxylic acids is 1. The summed E-state index contributed by atoms with van der Waals surface area (Å²) in [6.45, 7) is 0.221. The number of hydrogen-bond donors (Lipinski definition) is 1. The number of hydrogen-bond acceptors (Lipinski definition) is 4. The monoisotopic (exact) mass is 243 g/mol. The molecule has 0 bridgehead atoms. The normalized spacial score (nSPS) is 11.9. The second-order valence-corrected chi connectivity index (χ2v) is 3.69. The lowest BCUT2D eigenvalue weighted by atomic mass is 10.2. The Hall–Kier alpha value is -1.26. The summed E-state index contributed by atoms with van der Waals surface area (Å²) < 4.78 is 9.88. The summed E-state index contributed by atoms with van der Waals surface area (Å²) in [6, 6.07) is 6.69. The molecule has 0 fully saturated rings. The van der Waals surface area contributed by atoms with E-state index in [1.165, 1.54) is 7.11 Å². The van der Waals surface area contributed by atoms with Crippen LogP contribution in [0.5, 0.6) is 5.75 Å². The van der Waals surface area contributed by atoms with E-state index in [9.17, 15) is 4.79 Å². The van der Waals surface area contributed by atoms with Gasteiger partial charge in [-0.3, -0.25) is 4.79 Å². The summed E-state index contributed by atoms with van der Waals surface area (Å²) in [5.41, 5.74) is 5.68. The molecule has 0 saturated heterocycles.